The Morgan fingerprint density at radius 3 is 2.50 bits per heavy atom. The highest BCUT2D eigenvalue weighted by Crippen LogP contribution is 2.26. The number of halogens is 1. The Kier molecular flexibility index (Phi) is 4.11. The summed E-state index contributed by atoms with van der Waals surface area (Å²) in [5, 5.41) is 4.51. The molecule has 1 aliphatic carbocycles. The van der Waals surface area contributed by atoms with Crippen molar-refractivity contribution in [1.29, 1.82) is 0 Å². The van der Waals surface area contributed by atoms with E-state index < -0.39 is 0 Å². The molecule has 0 unspecified atom stereocenters. The van der Waals surface area contributed by atoms with Crippen LogP contribution in [0.25, 0.3) is 0 Å². The maximum Gasteiger partial charge on any atom is 0.0455 e. The number of nitrogens with one attached hydrogen (secondary N) is 1. The SMILES string of the molecule is Cc1c(Cl)cccc1NC1CCCCCC1. The van der Waals surface area contributed by atoms with Gasteiger partial charge in [0, 0.05) is 16.8 Å². The third kappa shape index (κ3) is 2.91. The molecule has 1 aromatic rings. The molecule has 2 heteroatoms. The fourth-order valence-corrected chi connectivity index (χ4v) is 2.58. The highest BCUT2D eigenvalue weighted by Gasteiger charge is 2.13. The molecule has 0 spiro atoms. The predicted octanol–water partition coefficient (Wildman–Crippen LogP) is 4.78. The maximum atomic E-state index is 6.12. The van der Waals surface area contributed by atoms with Crippen LogP contribution in [0.3, 0.4) is 0 Å². The van der Waals surface area contributed by atoms with E-state index >= 15 is 0 Å². The van der Waals surface area contributed by atoms with Crippen LogP contribution in [0, 0.1) is 6.92 Å². The Hall–Kier alpha value is -0.690. The largest absolute Gasteiger partial charge is 0.382 e. The zero-order valence-electron chi connectivity index (χ0n) is 9.93. The third-order valence-electron chi connectivity index (χ3n) is 3.48. The van der Waals surface area contributed by atoms with E-state index in [4.69, 9.17) is 11.6 Å². The van der Waals surface area contributed by atoms with Crippen LogP contribution in [0.4, 0.5) is 5.69 Å². The highest BCUT2D eigenvalue weighted by molar-refractivity contribution is 6.31. The third-order valence-corrected chi connectivity index (χ3v) is 3.89. The Morgan fingerprint density at radius 2 is 1.81 bits per heavy atom. The fraction of sp³-hybridized carbons (Fsp3) is 0.571. The molecule has 0 saturated heterocycles. The molecule has 0 heterocycles. The van der Waals surface area contributed by atoms with Crippen molar-refractivity contribution in [2.24, 2.45) is 0 Å². The molecule has 1 nitrogen and oxygen atoms in total. The van der Waals surface area contributed by atoms with Crippen LogP contribution in [-0.4, -0.2) is 6.04 Å². The smallest absolute Gasteiger partial charge is 0.0455 e. The van der Waals surface area contributed by atoms with Crippen molar-refractivity contribution in [3.63, 3.8) is 0 Å². The van der Waals surface area contributed by atoms with Gasteiger partial charge < -0.3 is 5.32 Å². The first-order chi connectivity index (χ1) is 7.77. The summed E-state index contributed by atoms with van der Waals surface area (Å²) in [4.78, 5) is 0. The lowest BCUT2D eigenvalue weighted by Gasteiger charge is -2.19. The van der Waals surface area contributed by atoms with Crippen molar-refractivity contribution in [1.82, 2.24) is 0 Å². The van der Waals surface area contributed by atoms with Gasteiger partial charge in [0.25, 0.3) is 0 Å². The monoisotopic (exact) mass is 237 g/mol. The molecule has 16 heavy (non-hydrogen) atoms. The normalized spacial score (nSPS) is 18.1. The molecular weight excluding hydrogens is 218 g/mol. The van der Waals surface area contributed by atoms with Crippen molar-refractivity contribution in [3.8, 4) is 0 Å². The summed E-state index contributed by atoms with van der Waals surface area (Å²) < 4.78 is 0. The van der Waals surface area contributed by atoms with Gasteiger partial charge in [0.05, 0.1) is 0 Å². The predicted molar refractivity (Wildman–Crippen MR) is 71.3 cm³/mol. The van der Waals surface area contributed by atoms with Crippen LogP contribution in [0.1, 0.15) is 44.1 Å². The molecule has 2 rings (SSSR count). The number of hydrogen-bond donors (Lipinski definition) is 1. The molecular formula is C14H20ClN. The second kappa shape index (κ2) is 5.58. The summed E-state index contributed by atoms with van der Waals surface area (Å²) in [6.07, 6.45) is 8.10. The number of rotatable bonds is 2. The standard InChI is InChI=1S/C14H20ClN/c1-11-13(15)9-6-10-14(11)16-12-7-4-2-3-5-8-12/h6,9-10,12,16H,2-5,7-8H2,1H3. The highest BCUT2D eigenvalue weighted by atomic mass is 35.5. The molecule has 1 fully saturated rings. The first-order valence-electron chi connectivity index (χ1n) is 6.29. The molecule has 0 aliphatic heterocycles. The summed E-state index contributed by atoms with van der Waals surface area (Å²) in [5.74, 6) is 0. The zero-order valence-corrected chi connectivity index (χ0v) is 10.7. The van der Waals surface area contributed by atoms with Crippen LogP contribution in [0.5, 0.6) is 0 Å². The molecule has 0 amide bonds. The summed E-state index contributed by atoms with van der Waals surface area (Å²) in [6.45, 7) is 2.08. The molecule has 1 aromatic carbocycles. The quantitative estimate of drug-likeness (QED) is 0.730. The van der Waals surface area contributed by atoms with E-state index in [0.29, 0.717) is 6.04 Å². The van der Waals surface area contributed by atoms with Gasteiger partial charge in [-0.15, -0.1) is 0 Å². The minimum Gasteiger partial charge on any atom is -0.382 e. The summed E-state index contributed by atoms with van der Waals surface area (Å²) in [6, 6.07) is 6.75. The number of hydrogen-bond acceptors (Lipinski definition) is 1. The molecule has 0 atom stereocenters. The van der Waals surface area contributed by atoms with Crippen LogP contribution in [-0.2, 0) is 0 Å². The molecule has 1 aliphatic rings. The van der Waals surface area contributed by atoms with Gasteiger partial charge in [0.15, 0.2) is 0 Å². The lowest BCUT2D eigenvalue weighted by Crippen LogP contribution is -2.18. The first-order valence-corrected chi connectivity index (χ1v) is 6.67. The van der Waals surface area contributed by atoms with E-state index in [1.807, 2.05) is 12.1 Å². The van der Waals surface area contributed by atoms with Crippen LogP contribution in [0.2, 0.25) is 5.02 Å². The summed E-state index contributed by atoms with van der Waals surface area (Å²) >= 11 is 6.12. The average molecular weight is 238 g/mol. The topological polar surface area (TPSA) is 12.0 Å². The van der Waals surface area contributed by atoms with Gasteiger partial charge in [0.1, 0.15) is 0 Å². The van der Waals surface area contributed by atoms with E-state index in [-0.39, 0.29) is 0 Å². The van der Waals surface area contributed by atoms with Crippen molar-refractivity contribution >= 4 is 17.3 Å². The number of benzene rings is 1. The van der Waals surface area contributed by atoms with Gasteiger partial charge in [-0.2, -0.15) is 0 Å². The van der Waals surface area contributed by atoms with E-state index in [1.165, 1.54) is 49.8 Å². The van der Waals surface area contributed by atoms with Crippen molar-refractivity contribution in [2.75, 3.05) is 5.32 Å². The number of anilines is 1. The first kappa shape index (κ1) is 11.8. The Labute approximate surface area is 103 Å². The molecule has 0 aromatic heterocycles. The van der Waals surface area contributed by atoms with Crippen LogP contribution >= 0.6 is 11.6 Å². The lowest BCUT2D eigenvalue weighted by atomic mass is 10.1. The summed E-state index contributed by atoms with van der Waals surface area (Å²) in [7, 11) is 0. The Balaban J connectivity index is 2.04. The van der Waals surface area contributed by atoms with Gasteiger partial charge in [0.2, 0.25) is 0 Å². The fourth-order valence-electron chi connectivity index (χ4n) is 2.41. The van der Waals surface area contributed by atoms with E-state index in [1.54, 1.807) is 0 Å². The minimum absolute atomic E-state index is 0.639. The van der Waals surface area contributed by atoms with E-state index in [2.05, 4.69) is 18.3 Å². The Bertz CT molecular complexity index is 341. The molecule has 88 valence electrons. The second-order valence-corrected chi connectivity index (χ2v) is 5.15. The maximum absolute atomic E-state index is 6.12. The minimum atomic E-state index is 0.639. The van der Waals surface area contributed by atoms with Gasteiger partial charge in [-0.05, 0) is 37.5 Å². The average Bonchev–Trinajstić information content (AvgIpc) is 2.53. The lowest BCUT2D eigenvalue weighted by molar-refractivity contribution is 0.619. The zero-order chi connectivity index (χ0) is 11.4. The molecule has 1 saturated carbocycles. The van der Waals surface area contributed by atoms with E-state index in [0.717, 1.165) is 5.02 Å². The van der Waals surface area contributed by atoms with Crippen molar-refractivity contribution < 1.29 is 0 Å². The molecule has 0 radical (unpaired) electrons. The van der Waals surface area contributed by atoms with Gasteiger partial charge in [-0.25, -0.2) is 0 Å². The van der Waals surface area contributed by atoms with Crippen molar-refractivity contribution in [2.45, 2.75) is 51.5 Å². The molecule has 1 N–H and O–H groups in total. The van der Waals surface area contributed by atoms with Crippen molar-refractivity contribution in [3.05, 3.63) is 28.8 Å². The Morgan fingerprint density at radius 1 is 1.12 bits per heavy atom. The van der Waals surface area contributed by atoms with Crippen LogP contribution in [0.15, 0.2) is 18.2 Å². The van der Waals surface area contributed by atoms with E-state index in [9.17, 15) is 0 Å². The van der Waals surface area contributed by atoms with Gasteiger partial charge in [-0.3, -0.25) is 0 Å². The molecule has 0 bridgehead atoms. The van der Waals surface area contributed by atoms with Gasteiger partial charge >= 0.3 is 0 Å². The summed E-state index contributed by atoms with van der Waals surface area (Å²) in [5.41, 5.74) is 2.38. The van der Waals surface area contributed by atoms with Gasteiger partial charge in [-0.1, -0.05) is 43.4 Å². The second-order valence-electron chi connectivity index (χ2n) is 4.75. The van der Waals surface area contributed by atoms with Crippen LogP contribution < -0.4 is 5.32 Å².